The number of carbonyl (C=O) groups is 2. The Bertz CT molecular complexity index is 870. The lowest BCUT2D eigenvalue weighted by atomic mass is 9.91. The average molecular weight is 447 g/mol. The first kappa shape index (κ1) is 25.1. The zero-order chi connectivity index (χ0) is 23.2. The molecule has 0 spiro atoms. The first-order valence-electron chi connectivity index (χ1n) is 10.8. The molecule has 0 fully saturated rings. The number of amides is 2. The summed E-state index contributed by atoms with van der Waals surface area (Å²) in [5.41, 5.74) is 1.86. The van der Waals surface area contributed by atoms with E-state index in [2.05, 4.69) is 0 Å². The summed E-state index contributed by atoms with van der Waals surface area (Å²) in [6.45, 7) is 13.0. The number of halogens is 1. The van der Waals surface area contributed by atoms with Crippen LogP contribution >= 0.6 is 11.3 Å². The van der Waals surface area contributed by atoms with Gasteiger partial charge >= 0.3 is 0 Å². The van der Waals surface area contributed by atoms with E-state index in [0.717, 1.165) is 22.4 Å². The van der Waals surface area contributed by atoms with Crippen molar-refractivity contribution in [1.82, 2.24) is 9.80 Å². The van der Waals surface area contributed by atoms with Crippen LogP contribution in [0.4, 0.5) is 4.39 Å². The highest BCUT2D eigenvalue weighted by molar-refractivity contribution is 7.10. The summed E-state index contributed by atoms with van der Waals surface area (Å²) in [4.78, 5) is 31.0. The van der Waals surface area contributed by atoms with Crippen LogP contribution in [0.2, 0.25) is 0 Å². The quantitative estimate of drug-likeness (QED) is 0.489. The minimum Gasteiger partial charge on any atom is -0.332 e. The summed E-state index contributed by atoms with van der Waals surface area (Å²) in [5.74, 6) is -0.393. The van der Waals surface area contributed by atoms with Gasteiger partial charge < -0.3 is 9.80 Å². The van der Waals surface area contributed by atoms with E-state index in [-0.39, 0.29) is 35.6 Å². The van der Waals surface area contributed by atoms with Gasteiger partial charge in [-0.15, -0.1) is 11.3 Å². The van der Waals surface area contributed by atoms with E-state index >= 15 is 0 Å². The van der Waals surface area contributed by atoms with Crippen molar-refractivity contribution >= 4 is 23.2 Å². The van der Waals surface area contributed by atoms with Crippen molar-refractivity contribution in [2.75, 3.05) is 6.54 Å². The normalized spacial score (nSPS) is 12.5. The van der Waals surface area contributed by atoms with E-state index in [1.54, 1.807) is 33.3 Å². The van der Waals surface area contributed by atoms with Crippen molar-refractivity contribution in [2.45, 2.75) is 73.5 Å². The zero-order valence-corrected chi connectivity index (χ0v) is 20.4. The van der Waals surface area contributed by atoms with Gasteiger partial charge in [0.15, 0.2) is 0 Å². The minimum absolute atomic E-state index is 0.00392. The summed E-state index contributed by atoms with van der Waals surface area (Å²) < 4.78 is 13.3. The molecule has 4 nitrogen and oxygen atoms in total. The lowest BCUT2D eigenvalue weighted by molar-refractivity contribution is -0.144. The van der Waals surface area contributed by atoms with Crippen molar-refractivity contribution in [3.05, 3.63) is 57.5 Å². The molecule has 0 bridgehead atoms. The van der Waals surface area contributed by atoms with Gasteiger partial charge in [0.25, 0.3) is 0 Å². The first-order valence-corrected chi connectivity index (χ1v) is 11.7. The Morgan fingerprint density at radius 1 is 1.06 bits per heavy atom. The van der Waals surface area contributed by atoms with E-state index in [9.17, 15) is 14.0 Å². The molecule has 1 aromatic heterocycles. The molecule has 170 valence electrons. The molecule has 0 N–H and O–H groups in total. The van der Waals surface area contributed by atoms with Gasteiger partial charge in [-0.25, -0.2) is 4.39 Å². The third-order valence-corrected chi connectivity index (χ3v) is 6.38. The molecule has 2 rings (SSSR count). The van der Waals surface area contributed by atoms with E-state index in [4.69, 9.17) is 0 Å². The molecular weight excluding hydrogens is 411 g/mol. The highest BCUT2D eigenvalue weighted by Crippen LogP contribution is 2.23. The number of carbonyl (C=O) groups excluding carboxylic acids is 2. The Morgan fingerprint density at radius 2 is 1.71 bits per heavy atom. The molecular formula is C25H35FN2O2S. The first-order chi connectivity index (χ1) is 14.5. The summed E-state index contributed by atoms with van der Waals surface area (Å²) in [5, 5.41) is 2.02. The van der Waals surface area contributed by atoms with Gasteiger partial charge in [0.05, 0.1) is 6.54 Å². The van der Waals surface area contributed by atoms with Crippen LogP contribution in [-0.4, -0.2) is 34.2 Å². The van der Waals surface area contributed by atoms with Crippen molar-refractivity contribution in [3.8, 4) is 0 Å². The van der Waals surface area contributed by atoms with Gasteiger partial charge in [-0.2, -0.15) is 0 Å². The average Bonchev–Trinajstić information content (AvgIpc) is 3.09. The number of benzene rings is 1. The molecule has 1 heterocycles. The number of nitrogens with zero attached hydrogens (tertiary/aromatic N) is 2. The lowest BCUT2D eigenvalue weighted by Crippen LogP contribution is -2.47. The number of aryl methyl sites for hydroxylation is 1. The van der Waals surface area contributed by atoms with Crippen LogP contribution in [0.15, 0.2) is 35.7 Å². The van der Waals surface area contributed by atoms with Crippen molar-refractivity contribution in [2.24, 2.45) is 5.41 Å². The van der Waals surface area contributed by atoms with Crippen LogP contribution in [0.3, 0.4) is 0 Å². The molecule has 1 unspecified atom stereocenters. The Hall–Kier alpha value is -2.21. The molecule has 0 saturated heterocycles. The summed E-state index contributed by atoms with van der Waals surface area (Å²) >= 11 is 1.62. The topological polar surface area (TPSA) is 40.6 Å². The van der Waals surface area contributed by atoms with E-state index < -0.39 is 0 Å². The fraction of sp³-hybridized carbons (Fsp3) is 0.520. The molecule has 2 aromatic rings. The van der Waals surface area contributed by atoms with Gasteiger partial charge in [-0.3, -0.25) is 9.59 Å². The van der Waals surface area contributed by atoms with Gasteiger partial charge in [0.2, 0.25) is 11.8 Å². The maximum absolute atomic E-state index is 13.4. The second-order valence-corrected chi connectivity index (χ2v) is 10.4. The second-order valence-electron chi connectivity index (χ2n) is 9.42. The molecule has 1 atom stereocenters. The third-order valence-electron chi connectivity index (χ3n) is 5.37. The lowest BCUT2D eigenvalue weighted by Gasteiger charge is -2.33. The predicted octanol–water partition coefficient (Wildman–Crippen LogP) is 5.79. The Morgan fingerprint density at radius 3 is 2.23 bits per heavy atom. The third kappa shape index (κ3) is 7.76. The Labute approximate surface area is 190 Å². The number of hydrogen-bond donors (Lipinski definition) is 0. The van der Waals surface area contributed by atoms with Crippen LogP contribution in [0, 0.1) is 18.2 Å². The van der Waals surface area contributed by atoms with Crippen LogP contribution in [-0.2, 0) is 22.7 Å². The summed E-state index contributed by atoms with van der Waals surface area (Å²) in [7, 11) is 0. The van der Waals surface area contributed by atoms with Crippen molar-refractivity contribution in [3.63, 3.8) is 0 Å². The van der Waals surface area contributed by atoms with Gasteiger partial charge in [0.1, 0.15) is 12.4 Å². The van der Waals surface area contributed by atoms with E-state index in [0.29, 0.717) is 19.5 Å². The molecule has 0 radical (unpaired) electrons. The maximum Gasteiger partial charge on any atom is 0.242 e. The number of rotatable bonds is 9. The van der Waals surface area contributed by atoms with Crippen molar-refractivity contribution in [1.29, 1.82) is 0 Å². The zero-order valence-electron chi connectivity index (χ0n) is 19.6. The highest BCUT2D eigenvalue weighted by Gasteiger charge is 2.28. The van der Waals surface area contributed by atoms with Gasteiger partial charge in [-0.05, 0) is 60.4 Å². The predicted molar refractivity (Wildman–Crippen MR) is 125 cm³/mol. The molecule has 0 aliphatic heterocycles. The molecule has 6 heteroatoms. The highest BCUT2D eigenvalue weighted by atomic mass is 32.1. The maximum atomic E-state index is 13.4. The molecule has 1 aromatic carbocycles. The van der Waals surface area contributed by atoms with Gasteiger partial charge in [0, 0.05) is 23.9 Å². The summed E-state index contributed by atoms with van der Waals surface area (Å²) in [6, 6.07) is 8.25. The Balaban J connectivity index is 2.25. The number of thiophene rings is 1. The van der Waals surface area contributed by atoms with Crippen molar-refractivity contribution < 1.29 is 14.0 Å². The molecule has 31 heavy (non-hydrogen) atoms. The molecule has 2 amide bonds. The fourth-order valence-corrected chi connectivity index (χ4v) is 4.21. The SMILES string of the molecule is CCC(C)N(CC(=O)N(Cc1ccc(F)cc1)Cc1sccc1C)C(=O)CC(C)(C)C. The number of hydrogen-bond acceptors (Lipinski definition) is 3. The minimum atomic E-state index is -0.300. The van der Waals surface area contributed by atoms with Crippen LogP contribution in [0.1, 0.15) is 63.5 Å². The van der Waals surface area contributed by atoms with Crippen LogP contribution in [0.25, 0.3) is 0 Å². The largest absolute Gasteiger partial charge is 0.332 e. The van der Waals surface area contributed by atoms with Gasteiger partial charge in [-0.1, -0.05) is 39.8 Å². The van der Waals surface area contributed by atoms with Crippen LogP contribution < -0.4 is 0 Å². The summed E-state index contributed by atoms with van der Waals surface area (Å²) in [6.07, 6.45) is 1.18. The van der Waals surface area contributed by atoms with E-state index in [1.807, 2.05) is 53.0 Å². The standard InChI is InChI=1S/C25H35FN2O2S/c1-7-19(3)28(23(29)14-25(4,5)6)17-24(30)27(16-22-18(2)12-13-31-22)15-20-8-10-21(26)11-9-20/h8-13,19H,7,14-17H2,1-6H3. The smallest absolute Gasteiger partial charge is 0.242 e. The molecule has 0 aliphatic rings. The second kappa shape index (κ2) is 10.9. The molecule has 0 saturated carbocycles. The monoisotopic (exact) mass is 446 g/mol. The Kier molecular flexibility index (Phi) is 8.80. The molecule has 0 aliphatic carbocycles. The fourth-order valence-electron chi connectivity index (χ4n) is 3.29. The van der Waals surface area contributed by atoms with E-state index in [1.165, 1.54) is 12.1 Å². The van der Waals surface area contributed by atoms with Crippen LogP contribution in [0.5, 0.6) is 0 Å².